The van der Waals surface area contributed by atoms with E-state index in [1.165, 1.54) is 12.8 Å². The van der Waals surface area contributed by atoms with E-state index < -0.39 is 0 Å². The molecule has 1 aromatic heterocycles. The molecular formula is C15H29N5O. The fraction of sp³-hybridized carbons (Fsp3) is 0.800. The maximum atomic E-state index is 5.13. The third-order valence-electron chi connectivity index (χ3n) is 3.12. The maximum absolute atomic E-state index is 5.13. The van der Waals surface area contributed by atoms with Gasteiger partial charge in [-0.15, -0.1) is 0 Å². The Bertz CT molecular complexity index is 411. The van der Waals surface area contributed by atoms with Gasteiger partial charge in [0.25, 0.3) is 0 Å². The van der Waals surface area contributed by atoms with Gasteiger partial charge in [-0.2, -0.15) is 15.0 Å². The van der Waals surface area contributed by atoms with E-state index in [2.05, 4.69) is 53.3 Å². The summed E-state index contributed by atoms with van der Waals surface area (Å²) in [6.07, 6.45) is 4.57. The molecule has 21 heavy (non-hydrogen) atoms. The van der Waals surface area contributed by atoms with Crippen LogP contribution in [0.25, 0.3) is 0 Å². The second-order valence-electron chi connectivity index (χ2n) is 5.77. The minimum atomic E-state index is 0.329. The van der Waals surface area contributed by atoms with Crippen LogP contribution in [0.4, 0.5) is 11.9 Å². The lowest BCUT2D eigenvalue weighted by molar-refractivity contribution is 0.379. The summed E-state index contributed by atoms with van der Waals surface area (Å²) in [6, 6.07) is 0.662. The van der Waals surface area contributed by atoms with Crippen molar-refractivity contribution in [3.05, 3.63) is 0 Å². The molecule has 0 saturated heterocycles. The summed E-state index contributed by atoms with van der Waals surface area (Å²) >= 11 is 0. The van der Waals surface area contributed by atoms with Gasteiger partial charge in [-0.05, 0) is 25.7 Å². The van der Waals surface area contributed by atoms with Crippen LogP contribution in [0.2, 0.25) is 0 Å². The van der Waals surface area contributed by atoms with Crippen LogP contribution in [-0.2, 0) is 0 Å². The van der Waals surface area contributed by atoms with Gasteiger partial charge in [0.15, 0.2) is 0 Å². The predicted molar refractivity (Wildman–Crippen MR) is 86.9 cm³/mol. The Kier molecular flexibility index (Phi) is 7.79. The van der Waals surface area contributed by atoms with Gasteiger partial charge in [-0.25, -0.2) is 0 Å². The van der Waals surface area contributed by atoms with Gasteiger partial charge >= 0.3 is 6.01 Å². The molecule has 1 atom stereocenters. The zero-order chi connectivity index (χ0) is 15.7. The van der Waals surface area contributed by atoms with E-state index in [4.69, 9.17) is 4.74 Å². The molecule has 6 heteroatoms. The second-order valence-corrected chi connectivity index (χ2v) is 5.77. The van der Waals surface area contributed by atoms with E-state index in [9.17, 15) is 0 Å². The molecule has 2 N–H and O–H groups in total. The van der Waals surface area contributed by atoms with E-state index in [1.54, 1.807) is 7.11 Å². The molecule has 6 nitrogen and oxygen atoms in total. The molecule has 0 bridgehead atoms. The van der Waals surface area contributed by atoms with E-state index in [-0.39, 0.29) is 0 Å². The highest BCUT2D eigenvalue weighted by atomic mass is 16.5. The minimum Gasteiger partial charge on any atom is -0.467 e. The highest BCUT2D eigenvalue weighted by molar-refractivity contribution is 5.36. The zero-order valence-electron chi connectivity index (χ0n) is 13.9. The molecule has 0 amide bonds. The lowest BCUT2D eigenvalue weighted by atomic mass is 10.0. The zero-order valence-corrected chi connectivity index (χ0v) is 13.9. The van der Waals surface area contributed by atoms with Crippen molar-refractivity contribution in [1.29, 1.82) is 0 Å². The Morgan fingerprint density at radius 2 is 1.76 bits per heavy atom. The third kappa shape index (κ3) is 7.11. The lowest BCUT2D eigenvalue weighted by Crippen LogP contribution is -2.18. The summed E-state index contributed by atoms with van der Waals surface area (Å²) in [5.74, 6) is 1.87. The van der Waals surface area contributed by atoms with Crippen molar-refractivity contribution >= 4 is 11.9 Å². The average Bonchev–Trinajstić information content (AvgIpc) is 2.44. The lowest BCUT2D eigenvalue weighted by Gasteiger charge is -2.15. The van der Waals surface area contributed by atoms with Crippen LogP contribution in [-0.4, -0.2) is 34.6 Å². The number of nitrogens with one attached hydrogen (secondary N) is 2. The molecule has 0 radical (unpaired) electrons. The number of hydrogen-bond donors (Lipinski definition) is 2. The van der Waals surface area contributed by atoms with Crippen molar-refractivity contribution in [1.82, 2.24) is 15.0 Å². The van der Waals surface area contributed by atoms with Crippen LogP contribution in [0, 0.1) is 5.92 Å². The number of nitrogens with zero attached hydrogens (tertiary/aromatic N) is 3. The first-order valence-electron chi connectivity index (χ1n) is 7.85. The second kappa shape index (κ2) is 9.37. The van der Waals surface area contributed by atoms with Gasteiger partial charge in [0.1, 0.15) is 0 Å². The summed E-state index contributed by atoms with van der Waals surface area (Å²) < 4.78 is 5.13. The van der Waals surface area contributed by atoms with Crippen molar-refractivity contribution in [3.8, 4) is 6.01 Å². The average molecular weight is 295 g/mol. The SMILES string of the molecule is CCCNc1nc(NC(C)CCCC(C)C)nc(OC)n1. The summed E-state index contributed by atoms with van der Waals surface area (Å²) in [4.78, 5) is 12.8. The van der Waals surface area contributed by atoms with E-state index in [0.29, 0.717) is 23.9 Å². The highest BCUT2D eigenvalue weighted by Crippen LogP contribution is 2.14. The van der Waals surface area contributed by atoms with Crippen LogP contribution < -0.4 is 15.4 Å². The maximum Gasteiger partial charge on any atom is 0.322 e. The highest BCUT2D eigenvalue weighted by Gasteiger charge is 2.09. The molecule has 1 unspecified atom stereocenters. The Morgan fingerprint density at radius 3 is 2.38 bits per heavy atom. The summed E-state index contributed by atoms with van der Waals surface area (Å²) in [7, 11) is 1.56. The number of hydrogen-bond acceptors (Lipinski definition) is 6. The number of ether oxygens (including phenoxy) is 1. The molecular weight excluding hydrogens is 266 g/mol. The topological polar surface area (TPSA) is 72.0 Å². The summed E-state index contributed by atoms with van der Waals surface area (Å²) in [5, 5.41) is 6.48. The molecule has 0 aliphatic carbocycles. The molecule has 0 aliphatic heterocycles. The van der Waals surface area contributed by atoms with Crippen molar-refractivity contribution < 1.29 is 4.74 Å². The Hall–Kier alpha value is -1.59. The molecule has 0 spiro atoms. The molecule has 0 aliphatic rings. The van der Waals surface area contributed by atoms with Crippen LogP contribution >= 0.6 is 0 Å². The normalized spacial score (nSPS) is 12.3. The fourth-order valence-electron chi connectivity index (χ4n) is 1.95. The van der Waals surface area contributed by atoms with Crippen LogP contribution in [0.5, 0.6) is 6.01 Å². The molecule has 1 aromatic rings. The van der Waals surface area contributed by atoms with Crippen molar-refractivity contribution in [2.75, 3.05) is 24.3 Å². The van der Waals surface area contributed by atoms with Gasteiger partial charge in [-0.3, -0.25) is 0 Å². The number of methoxy groups -OCH3 is 1. The van der Waals surface area contributed by atoms with Gasteiger partial charge < -0.3 is 15.4 Å². The first kappa shape index (κ1) is 17.5. The first-order valence-corrected chi connectivity index (χ1v) is 7.85. The minimum absolute atomic E-state index is 0.329. The van der Waals surface area contributed by atoms with Crippen molar-refractivity contribution in [2.24, 2.45) is 5.92 Å². The van der Waals surface area contributed by atoms with E-state index in [0.717, 1.165) is 25.3 Å². The summed E-state index contributed by atoms with van der Waals surface area (Å²) in [5.41, 5.74) is 0. The molecule has 120 valence electrons. The van der Waals surface area contributed by atoms with Crippen LogP contribution in [0.3, 0.4) is 0 Å². The molecule has 1 heterocycles. The van der Waals surface area contributed by atoms with Crippen LogP contribution in [0.1, 0.15) is 53.4 Å². The van der Waals surface area contributed by atoms with Gasteiger partial charge in [-0.1, -0.05) is 33.6 Å². The summed E-state index contributed by atoms with van der Waals surface area (Å²) in [6.45, 7) is 9.58. The molecule has 1 rings (SSSR count). The monoisotopic (exact) mass is 295 g/mol. The van der Waals surface area contributed by atoms with Crippen LogP contribution in [0.15, 0.2) is 0 Å². The van der Waals surface area contributed by atoms with Gasteiger partial charge in [0.05, 0.1) is 7.11 Å². The smallest absolute Gasteiger partial charge is 0.322 e. The first-order chi connectivity index (χ1) is 10.0. The largest absolute Gasteiger partial charge is 0.467 e. The fourth-order valence-corrected chi connectivity index (χ4v) is 1.95. The number of aromatic nitrogens is 3. The third-order valence-corrected chi connectivity index (χ3v) is 3.12. The van der Waals surface area contributed by atoms with Gasteiger partial charge in [0.2, 0.25) is 11.9 Å². The molecule has 0 saturated carbocycles. The number of rotatable bonds is 10. The van der Waals surface area contributed by atoms with Gasteiger partial charge in [0, 0.05) is 12.6 Å². The van der Waals surface area contributed by atoms with E-state index >= 15 is 0 Å². The molecule has 0 aromatic carbocycles. The standard InChI is InChI=1S/C15H29N5O/c1-6-10-16-13-18-14(20-15(19-13)21-5)17-12(4)9-7-8-11(2)3/h11-12H,6-10H2,1-5H3,(H2,16,17,18,19,20). The number of anilines is 2. The van der Waals surface area contributed by atoms with Crippen molar-refractivity contribution in [3.63, 3.8) is 0 Å². The quantitative estimate of drug-likeness (QED) is 0.690. The van der Waals surface area contributed by atoms with E-state index in [1.807, 2.05) is 0 Å². The Balaban J connectivity index is 2.59. The Morgan fingerprint density at radius 1 is 1.05 bits per heavy atom. The molecule has 0 fully saturated rings. The predicted octanol–water partition coefficient (Wildman–Crippen LogP) is 3.33. The van der Waals surface area contributed by atoms with Crippen molar-refractivity contribution in [2.45, 2.75) is 59.4 Å². The Labute approximate surface area is 128 Å².